The van der Waals surface area contributed by atoms with Gasteiger partial charge in [-0.05, 0) is 39.2 Å². The maximum absolute atomic E-state index is 13.1. The van der Waals surface area contributed by atoms with Crippen LogP contribution in [0.4, 0.5) is 0 Å². The van der Waals surface area contributed by atoms with Crippen molar-refractivity contribution in [2.45, 2.75) is 63.2 Å². The van der Waals surface area contributed by atoms with Crippen LogP contribution in [-0.4, -0.2) is 68.1 Å². The molecule has 152 valence electrons. The van der Waals surface area contributed by atoms with Crippen LogP contribution >= 0.6 is 11.8 Å². The zero-order valence-electron chi connectivity index (χ0n) is 16.2. The molecule has 8 nitrogen and oxygen atoms in total. The van der Waals surface area contributed by atoms with Gasteiger partial charge in [0.1, 0.15) is 0 Å². The van der Waals surface area contributed by atoms with E-state index in [2.05, 4.69) is 15.1 Å². The highest BCUT2D eigenvalue weighted by atomic mass is 32.2. The molecule has 1 saturated carbocycles. The second-order valence-corrected chi connectivity index (χ2v) is 10.9. The van der Waals surface area contributed by atoms with Crippen LogP contribution in [0.3, 0.4) is 0 Å². The second-order valence-electron chi connectivity index (χ2n) is 7.73. The summed E-state index contributed by atoms with van der Waals surface area (Å²) in [4.78, 5) is 23.7. The molecule has 2 aliphatic rings. The van der Waals surface area contributed by atoms with E-state index in [4.69, 9.17) is 0 Å². The van der Waals surface area contributed by atoms with Crippen molar-refractivity contribution in [3.63, 3.8) is 0 Å². The van der Waals surface area contributed by atoms with E-state index in [1.54, 1.807) is 4.52 Å². The van der Waals surface area contributed by atoms with Gasteiger partial charge in [-0.3, -0.25) is 4.79 Å². The number of nitrogens with zero attached hydrogens (tertiary/aromatic N) is 5. The Balaban J connectivity index is 1.49. The minimum atomic E-state index is -3.03. The third-order valence-electron chi connectivity index (χ3n) is 5.53. The van der Waals surface area contributed by atoms with Gasteiger partial charge in [-0.1, -0.05) is 24.6 Å². The highest BCUT2D eigenvalue weighted by molar-refractivity contribution is 7.99. The number of aryl methyl sites for hydroxylation is 2. The maximum Gasteiger partial charge on any atom is 0.253 e. The smallest absolute Gasteiger partial charge is 0.253 e. The van der Waals surface area contributed by atoms with Crippen LogP contribution < -0.4 is 0 Å². The van der Waals surface area contributed by atoms with E-state index < -0.39 is 9.84 Å². The van der Waals surface area contributed by atoms with Crippen LogP contribution in [-0.2, 0) is 14.6 Å². The Kier molecular flexibility index (Phi) is 5.34. The Morgan fingerprint density at radius 3 is 2.64 bits per heavy atom. The van der Waals surface area contributed by atoms with E-state index in [1.807, 2.05) is 24.8 Å². The Morgan fingerprint density at radius 2 is 1.96 bits per heavy atom. The topological polar surface area (TPSA) is 97.5 Å². The molecular formula is C18H25N5O3S2. The van der Waals surface area contributed by atoms with Gasteiger partial charge >= 0.3 is 0 Å². The van der Waals surface area contributed by atoms with E-state index in [9.17, 15) is 13.2 Å². The van der Waals surface area contributed by atoms with E-state index >= 15 is 0 Å². The second kappa shape index (κ2) is 7.62. The van der Waals surface area contributed by atoms with E-state index in [0.29, 0.717) is 17.4 Å². The molecule has 28 heavy (non-hydrogen) atoms. The zero-order valence-corrected chi connectivity index (χ0v) is 17.8. The number of hydrogen-bond acceptors (Lipinski definition) is 7. The number of aromatic nitrogens is 4. The lowest BCUT2D eigenvalue weighted by atomic mass is 10.1. The third kappa shape index (κ3) is 4.03. The van der Waals surface area contributed by atoms with Crippen molar-refractivity contribution in [3.8, 4) is 0 Å². The van der Waals surface area contributed by atoms with Gasteiger partial charge in [0.2, 0.25) is 11.1 Å². The van der Waals surface area contributed by atoms with Crippen molar-refractivity contribution in [1.29, 1.82) is 0 Å². The number of amides is 1. The normalized spacial score (nSPS) is 22.1. The molecule has 1 amide bonds. The molecule has 1 unspecified atom stereocenters. The van der Waals surface area contributed by atoms with Gasteiger partial charge in [-0.15, -0.1) is 5.10 Å². The van der Waals surface area contributed by atoms with Crippen LogP contribution in [0.5, 0.6) is 0 Å². The first-order chi connectivity index (χ1) is 13.3. The summed E-state index contributed by atoms with van der Waals surface area (Å²) >= 11 is 1.29. The molecule has 1 aliphatic heterocycles. The van der Waals surface area contributed by atoms with E-state index in [-0.39, 0.29) is 35.2 Å². The van der Waals surface area contributed by atoms with Crippen molar-refractivity contribution < 1.29 is 13.2 Å². The first kappa shape index (κ1) is 19.6. The largest absolute Gasteiger partial charge is 0.335 e. The lowest BCUT2D eigenvalue weighted by Gasteiger charge is -2.34. The highest BCUT2D eigenvalue weighted by Crippen LogP contribution is 2.30. The number of carbonyl (C=O) groups excluding carboxylic acids is 1. The molecule has 0 radical (unpaired) electrons. The fraction of sp³-hybridized carbons (Fsp3) is 0.667. The minimum absolute atomic E-state index is 0.0151. The number of carbonyl (C=O) groups is 1. The molecule has 0 N–H and O–H groups in total. The highest BCUT2D eigenvalue weighted by Gasteiger charge is 2.38. The Bertz CT molecular complexity index is 998. The summed E-state index contributed by atoms with van der Waals surface area (Å²) in [6.07, 6.45) is 4.66. The maximum atomic E-state index is 13.1. The SMILES string of the molecule is Cc1cc(C)n2nc(SCC(=O)N(C3CCCC3)C3CCS(=O)(=O)C3)nc2n1. The number of rotatable bonds is 5. The van der Waals surface area contributed by atoms with Crippen molar-refractivity contribution in [2.75, 3.05) is 17.3 Å². The lowest BCUT2D eigenvalue weighted by molar-refractivity contribution is -0.132. The molecule has 3 heterocycles. The first-order valence-electron chi connectivity index (χ1n) is 9.68. The van der Waals surface area contributed by atoms with Gasteiger partial charge in [-0.25, -0.2) is 17.9 Å². The van der Waals surface area contributed by atoms with Gasteiger partial charge in [0, 0.05) is 23.5 Å². The zero-order chi connectivity index (χ0) is 19.9. The fourth-order valence-corrected chi connectivity index (χ4v) is 6.69. The molecule has 1 saturated heterocycles. The summed E-state index contributed by atoms with van der Waals surface area (Å²) in [5.74, 6) is 0.997. The van der Waals surface area contributed by atoms with Crippen molar-refractivity contribution in [1.82, 2.24) is 24.5 Å². The molecule has 2 aromatic rings. The average molecular weight is 424 g/mol. The summed E-state index contributed by atoms with van der Waals surface area (Å²) in [6.45, 7) is 3.85. The third-order valence-corrected chi connectivity index (χ3v) is 8.10. The van der Waals surface area contributed by atoms with Gasteiger partial charge < -0.3 is 4.90 Å². The van der Waals surface area contributed by atoms with Gasteiger partial charge in [0.15, 0.2) is 9.84 Å². The fourth-order valence-electron chi connectivity index (χ4n) is 4.29. The van der Waals surface area contributed by atoms with Gasteiger partial charge in [0.05, 0.1) is 17.3 Å². The monoisotopic (exact) mass is 423 g/mol. The molecule has 1 atom stereocenters. The summed E-state index contributed by atoms with van der Waals surface area (Å²) in [5, 5.41) is 4.96. The van der Waals surface area contributed by atoms with Crippen LogP contribution in [0, 0.1) is 13.8 Å². The van der Waals surface area contributed by atoms with Gasteiger partial charge in [-0.2, -0.15) is 4.98 Å². The van der Waals surface area contributed by atoms with Crippen LogP contribution in [0.25, 0.3) is 5.78 Å². The Morgan fingerprint density at radius 1 is 1.21 bits per heavy atom. The Hall–Kier alpha value is -1.68. The predicted molar refractivity (Wildman–Crippen MR) is 107 cm³/mol. The molecular weight excluding hydrogens is 398 g/mol. The molecule has 4 rings (SSSR count). The molecule has 0 aromatic carbocycles. The predicted octanol–water partition coefficient (Wildman–Crippen LogP) is 1.79. The summed E-state index contributed by atoms with van der Waals surface area (Å²) in [5.41, 5.74) is 1.82. The standard InChI is InChI=1S/C18H25N5O3S2/c1-12-9-13(2)23-17(19-12)20-18(21-23)27-10-16(24)22(14-5-3-4-6-14)15-7-8-28(25,26)11-15/h9,14-15H,3-8,10-11H2,1-2H3. The van der Waals surface area contributed by atoms with E-state index in [0.717, 1.165) is 37.1 Å². The number of sulfone groups is 1. The van der Waals surface area contributed by atoms with Crippen LogP contribution in [0.1, 0.15) is 43.5 Å². The Labute approximate surface area is 169 Å². The molecule has 0 spiro atoms. The van der Waals surface area contributed by atoms with E-state index in [1.165, 1.54) is 11.8 Å². The number of fused-ring (bicyclic) bond motifs is 1. The summed E-state index contributed by atoms with van der Waals surface area (Å²) in [6, 6.07) is 1.90. The molecule has 2 fully saturated rings. The van der Waals surface area contributed by atoms with Crippen molar-refractivity contribution >= 4 is 33.3 Å². The number of thioether (sulfide) groups is 1. The summed E-state index contributed by atoms with van der Waals surface area (Å²) < 4.78 is 25.6. The van der Waals surface area contributed by atoms with Crippen molar-refractivity contribution in [3.05, 3.63) is 17.5 Å². The van der Waals surface area contributed by atoms with Gasteiger partial charge in [0.25, 0.3) is 5.78 Å². The molecule has 0 bridgehead atoms. The number of hydrogen-bond donors (Lipinski definition) is 0. The molecule has 2 aromatic heterocycles. The minimum Gasteiger partial charge on any atom is -0.335 e. The first-order valence-corrected chi connectivity index (χ1v) is 12.5. The average Bonchev–Trinajstić information content (AvgIpc) is 3.34. The summed E-state index contributed by atoms with van der Waals surface area (Å²) in [7, 11) is -3.03. The molecule has 1 aliphatic carbocycles. The van der Waals surface area contributed by atoms with Crippen LogP contribution in [0.15, 0.2) is 11.2 Å². The van der Waals surface area contributed by atoms with Crippen LogP contribution in [0.2, 0.25) is 0 Å². The van der Waals surface area contributed by atoms with Crippen molar-refractivity contribution in [2.24, 2.45) is 0 Å². The quantitative estimate of drug-likeness (QED) is 0.676. The lowest BCUT2D eigenvalue weighted by Crippen LogP contribution is -2.47. The molecule has 10 heteroatoms.